The molecule has 0 unspecified atom stereocenters. The van der Waals surface area contributed by atoms with Crippen LogP contribution in [0.4, 0.5) is 5.95 Å². The molecule has 0 amide bonds. The molecule has 1 aliphatic heterocycles. The van der Waals surface area contributed by atoms with E-state index in [9.17, 15) is 0 Å². The number of hydrogen-bond donors (Lipinski definition) is 0. The molecular weight excluding hydrogens is 238 g/mol. The number of rotatable bonds is 3. The zero-order valence-corrected chi connectivity index (χ0v) is 11.0. The van der Waals surface area contributed by atoms with Crippen LogP contribution in [0.25, 0.3) is 11.1 Å². The van der Waals surface area contributed by atoms with Crippen molar-refractivity contribution in [2.45, 2.75) is 12.8 Å². The predicted molar refractivity (Wildman–Crippen MR) is 75.5 cm³/mol. The number of hydrogen-bond acceptors (Lipinski definition) is 4. The normalized spacial score (nSPS) is 14.7. The van der Waals surface area contributed by atoms with Crippen molar-refractivity contribution in [3.05, 3.63) is 36.7 Å². The van der Waals surface area contributed by atoms with E-state index in [4.69, 9.17) is 4.74 Å². The van der Waals surface area contributed by atoms with Gasteiger partial charge in [0.25, 0.3) is 0 Å². The summed E-state index contributed by atoms with van der Waals surface area (Å²) in [4.78, 5) is 11.2. The topological polar surface area (TPSA) is 38.2 Å². The molecule has 0 atom stereocenters. The Morgan fingerprint density at radius 3 is 2.16 bits per heavy atom. The highest BCUT2D eigenvalue weighted by Gasteiger charge is 2.14. The van der Waals surface area contributed by atoms with Crippen LogP contribution >= 0.6 is 0 Å². The van der Waals surface area contributed by atoms with Crippen LogP contribution in [0.1, 0.15) is 12.8 Å². The van der Waals surface area contributed by atoms with Crippen LogP contribution in [0.5, 0.6) is 5.75 Å². The molecule has 0 aliphatic carbocycles. The summed E-state index contributed by atoms with van der Waals surface area (Å²) in [5, 5.41) is 0. The molecule has 1 fully saturated rings. The minimum atomic E-state index is 0.842. The van der Waals surface area contributed by atoms with Crippen molar-refractivity contribution < 1.29 is 4.74 Å². The zero-order chi connectivity index (χ0) is 13.1. The highest BCUT2D eigenvalue weighted by atomic mass is 16.5. The molecule has 1 saturated heterocycles. The fraction of sp³-hybridized carbons (Fsp3) is 0.333. The van der Waals surface area contributed by atoms with Gasteiger partial charge in [0.05, 0.1) is 7.11 Å². The van der Waals surface area contributed by atoms with Gasteiger partial charge in [0.15, 0.2) is 0 Å². The summed E-state index contributed by atoms with van der Waals surface area (Å²) in [6.07, 6.45) is 6.26. The van der Waals surface area contributed by atoms with Crippen LogP contribution in [-0.4, -0.2) is 30.2 Å². The second kappa shape index (κ2) is 5.26. The number of anilines is 1. The van der Waals surface area contributed by atoms with Gasteiger partial charge in [0.2, 0.25) is 5.95 Å². The second-order valence-electron chi connectivity index (χ2n) is 4.69. The van der Waals surface area contributed by atoms with Crippen LogP contribution in [0.3, 0.4) is 0 Å². The lowest BCUT2D eigenvalue weighted by Gasteiger charge is -2.14. The van der Waals surface area contributed by atoms with Crippen LogP contribution < -0.4 is 9.64 Å². The molecule has 19 heavy (non-hydrogen) atoms. The highest BCUT2D eigenvalue weighted by molar-refractivity contribution is 5.62. The number of ether oxygens (including phenoxy) is 1. The van der Waals surface area contributed by atoms with Crippen LogP contribution in [0.2, 0.25) is 0 Å². The number of benzene rings is 1. The van der Waals surface area contributed by atoms with Gasteiger partial charge in [-0.3, -0.25) is 0 Å². The molecule has 1 aliphatic rings. The SMILES string of the molecule is COc1ccc(-c2cnc(N3CCCC3)nc2)cc1. The van der Waals surface area contributed by atoms with Gasteiger partial charge in [0.1, 0.15) is 5.75 Å². The highest BCUT2D eigenvalue weighted by Crippen LogP contribution is 2.22. The Kier molecular flexibility index (Phi) is 3.31. The second-order valence-corrected chi connectivity index (χ2v) is 4.69. The lowest BCUT2D eigenvalue weighted by atomic mass is 10.1. The van der Waals surface area contributed by atoms with Crippen molar-refractivity contribution in [1.29, 1.82) is 0 Å². The quantitative estimate of drug-likeness (QED) is 0.845. The Bertz CT molecular complexity index is 530. The number of aromatic nitrogens is 2. The van der Waals surface area contributed by atoms with Crippen LogP contribution in [-0.2, 0) is 0 Å². The lowest BCUT2D eigenvalue weighted by Crippen LogP contribution is -2.20. The van der Waals surface area contributed by atoms with Gasteiger partial charge in [-0.05, 0) is 30.5 Å². The van der Waals surface area contributed by atoms with E-state index in [0.717, 1.165) is 35.9 Å². The zero-order valence-electron chi connectivity index (χ0n) is 11.0. The first-order chi connectivity index (χ1) is 9.36. The van der Waals surface area contributed by atoms with Crippen LogP contribution in [0.15, 0.2) is 36.7 Å². The molecule has 4 heteroatoms. The summed E-state index contributed by atoms with van der Waals surface area (Å²) in [6.45, 7) is 2.14. The van der Waals surface area contributed by atoms with Crippen molar-refractivity contribution >= 4 is 5.95 Å². The molecule has 0 saturated carbocycles. The molecule has 0 radical (unpaired) electrons. The Morgan fingerprint density at radius 1 is 0.947 bits per heavy atom. The minimum Gasteiger partial charge on any atom is -0.497 e. The van der Waals surface area contributed by atoms with Gasteiger partial charge in [-0.25, -0.2) is 9.97 Å². The van der Waals surface area contributed by atoms with E-state index in [1.807, 2.05) is 36.7 Å². The van der Waals surface area contributed by atoms with Crippen molar-refractivity contribution in [3.8, 4) is 16.9 Å². The lowest BCUT2D eigenvalue weighted by molar-refractivity contribution is 0.415. The van der Waals surface area contributed by atoms with E-state index in [2.05, 4.69) is 14.9 Å². The maximum absolute atomic E-state index is 5.15. The molecule has 0 bridgehead atoms. The van der Waals surface area contributed by atoms with Gasteiger partial charge in [-0.1, -0.05) is 12.1 Å². The largest absolute Gasteiger partial charge is 0.497 e. The summed E-state index contributed by atoms with van der Waals surface area (Å²) >= 11 is 0. The summed E-state index contributed by atoms with van der Waals surface area (Å²) in [7, 11) is 1.67. The van der Waals surface area contributed by atoms with Crippen molar-refractivity contribution in [2.24, 2.45) is 0 Å². The summed E-state index contributed by atoms with van der Waals surface area (Å²) in [6, 6.07) is 7.94. The Hall–Kier alpha value is -2.10. The molecule has 1 aromatic carbocycles. The fourth-order valence-corrected chi connectivity index (χ4v) is 2.33. The summed E-state index contributed by atoms with van der Waals surface area (Å²) < 4.78 is 5.15. The average molecular weight is 255 g/mol. The van der Waals surface area contributed by atoms with Gasteiger partial charge in [-0.15, -0.1) is 0 Å². The molecule has 2 heterocycles. The number of nitrogens with zero attached hydrogens (tertiary/aromatic N) is 3. The van der Waals surface area contributed by atoms with E-state index in [-0.39, 0.29) is 0 Å². The monoisotopic (exact) mass is 255 g/mol. The number of methoxy groups -OCH3 is 1. The van der Waals surface area contributed by atoms with Gasteiger partial charge in [-0.2, -0.15) is 0 Å². The molecule has 4 nitrogen and oxygen atoms in total. The van der Waals surface area contributed by atoms with Gasteiger partial charge < -0.3 is 9.64 Å². The molecule has 3 rings (SSSR count). The van der Waals surface area contributed by atoms with E-state index in [0.29, 0.717) is 0 Å². The average Bonchev–Trinajstić information content (AvgIpc) is 3.02. The third-order valence-electron chi connectivity index (χ3n) is 3.45. The molecule has 98 valence electrons. The fourth-order valence-electron chi connectivity index (χ4n) is 2.33. The van der Waals surface area contributed by atoms with Crippen molar-refractivity contribution in [1.82, 2.24) is 9.97 Å². The smallest absolute Gasteiger partial charge is 0.225 e. The third-order valence-corrected chi connectivity index (χ3v) is 3.45. The summed E-state index contributed by atoms with van der Waals surface area (Å²) in [5.74, 6) is 1.70. The third kappa shape index (κ3) is 2.52. The van der Waals surface area contributed by atoms with E-state index < -0.39 is 0 Å². The van der Waals surface area contributed by atoms with Crippen molar-refractivity contribution in [3.63, 3.8) is 0 Å². The van der Waals surface area contributed by atoms with Gasteiger partial charge in [0, 0.05) is 31.0 Å². The minimum absolute atomic E-state index is 0.842. The first-order valence-electron chi connectivity index (χ1n) is 6.58. The van der Waals surface area contributed by atoms with Crippen molar-refractivity contribution in [2.75, 3.05) is 25.1 Å². The van der Waals surface area contributed by atoms with Crippen LogP contribution in [0, 0.1) is 0 Å². The summed E-state index contributed by atoms with van der Waals surface area (Å²) in [5.41, 5.74) is 2.14. The molecule has 0 N–H and O–H groups in total. The Labute approximate surface area is 113 Å². The van der Waals surface area contributed by atoms with E-state index in [1.54, 1.807) is 7.11 Å². The molecule has 1 aromatic heterocycles. The first-order valence-corrected chi connectivity index (χ1v) is 6.58. The van der Waals surface area contributed by atoms with E-state index in [1.165, 1.54) is 12.8 Å². The van der Waals surface area contributed by atoms with Gasteiger partial charge >= 0.3 is 0 Å². The standard InChI is InChI=1S/C15H17N3O/c1-19-14-6-4-12(5-7-14)13-10-16-15(17-11-13)18-8-2-3-9-18/h4-7,10-11H,2-3,8-9H2,1H3. The Morgan fingerprint density at radius 2 is 1.58 bits per heavy atom. The molecular formula is C15H17N3O. The first kappa shape index (κ1) is 12.0. The van der Waals surface area contributed by atoms with E-state index >= 15 is 0 Å². The molecule has 0 spiro atoms. The predicted octanol–water partition coefficient (Wildman–Crippen LogP) is 2.75. The Balaban J connectivity index is 1.80. The maximum atomic E-state index is 5.15. The molecule has 2 aromatic rings. The maximum Gasteiger partial charge on any atom is 0.225 e.